The van der Waals surface area contributed by atoms with E-state index in [1.54, 1.807) is 21.3 Å². The second-order valence-corrected chi connectivity index (χ2v) is 8.08. The Balaban J connectivity index is 1.84. The smallest absolute Gasteiger partial charge is 0.236 e. The molecule has 2 rings (SSSR count). The first-order valence-electron chi connectivity index (χ1n) is 7.74. The molecule has 0 bridgehead atoms. The molecule has 1 saturated heterocycles. The molecule has 134 valence electrons. The Morgan fingerprint density at radius 1 is 1.29 bits per heavy atom. The van der Waals surface area contributed by atoms with E-state index in [0.717, 1.165) is 5.56 Å². The molecule has 24 heavy (non-hydrogen) atoms. The van der Waals surface area contributed by atoms with Crippen molar-refractivity contribution < 1.29 is 22.7 Å². The minimum absolute atomic E-state index is 0.0604. The van der Waals surface area contributed by atoms with Gasteiger partial charge in [0, 0.05) is 19.6 Å². The average Bonchev–Trinajstić information content (AvgIpc) is 2.93. The van der Waals surface area contributed by atoms with Gasteiger partial charge in [0.2, 0.25) is 5.91 Å². The van der Waals surface area contributed by atoms with Gasteiger partial charge in [0.1, 0.15) is 0 Å². The lowest BCUT2D eigenvalue weighted by molar-refractivity contribution is -0.130. The Labute approximate surface area is 142 Å². The molecule has 1 fully saturated rings. The van der Waals surface area contributed by atoms with Crippen molar-refractivity contribution in [3.05, 3.63) is 23.8 Å². The number of hydrogen-bond acceptors (Lipinski definition) is 6. The summed E-state index contributed by atoms with van der Waals surface area (Å²) in [4.78, 5) is 13.7. The van der Waals surface area contributed by atoms with Gasteiger partial charge in [-0.25, -0.2) is 8.42 Å². The second-order valence-electron chi connectivity index (χ2n) is 5.85. The van der Waals surface area contributed by atoms with Gasteiger partial charge in [-0.3, -0.25) is 4.79 Å². The van der Waals surface area contributed by atoms with E-state index < -0.39 is 9.84 Å². The van der Waals surface area contributed by atoms with Crippen LogP contribution in [0.5, 0.6) is 11.5 Å². The Hall–Kier alpha value is -1.80. The zero-order valence-electron chi connectivity index (χ0n) is 14.2. The van der Waals surface area contributed by atoms with E-state index in [9.17, 15) is 13.2 Å². The molecule has 1 aromatic rings. The first-order valence-corrected chi connectivity index (χ1v) is 9.56. The standard InChI is InChI=1S/C16H24N2O5S/c1-18(13-6-7-24(20,21)11-13)16(19)10-17-9-12-4-5-14(22-2)15(8-12)23-3/h4-5,8,13,17H,6-7,9-11H2,1-3H3. The summed E-state index contributed by atoms with van der Waals surface area (Å²) in [5.74, 6) is 1.40. The molecule has 1 atom stereocenters. The van der Waals surface area contributed by atoms with E-state index in [2.05, 4.69) is 5.32 Å². The summed E-state index contributed by atoms with van der Waals surface area (Å²) in [6.07, 6.45) is 0.514. The van der Waals surface area contributed by atoms with Crippen molar-refractivity contribution in [1.29, 1.82) is 0 Å². The van der Waals surface area contributed by atoms with Crippen LogP contribution in [-0.2, 0) is 21.2 Å². The maximum absolute atomic E-state index is 12.2. The van der Waals surface area contributed by atoms with E-state index in [-0.39, 0.29) is 30.0 Å². The number of carbonyl (C=O) groups is 1. The van der Waals surface area contributed by atoms with Gasteiger partial charge in [-0.1, -0.05) is 6.07 Å². The third kappa shape index (κ3) is 4.61. The fourth-order valence-electron chi connectivity index (χ4n) is 2.71. The van der Waals surface area contributed by atoms with Crippen molar-refractivity contribution in [3.8, 4) is 11.5 Å². The van der Waals surface area contributed by atoms with Gasteiger partial charge in [0.25, 0.3) is 0 Å². The monoisotopic (exact) mass is 356 g/mol. The summed E-state index contributed by atoms with van der Waals surface area (Å²) in [7, 11) is 1.82. The Bertz CT molecular complexity index is 690. The molecule has 1 aromatic carbocycles. The van der Waals surface area contributed by atoms with Crippen molar-refractivity contribution >= 4 is 15.7 Å². The second kappa shape index (κ2) is 7.85. The minimum atomic E-state index is -2.99. The molecule has 0 aromatic heterocycles. The van der Waals surface area contributed by atoms with Crippen molar-refractivity contribution in [2.45, 2.75) is 19.0 Å². The maximum Gasteiger partial charge on any atom is 0.236 e. The molecule has 1 N–H and O–H groups in total. The number of carbonyl (C=O) groups excluding carboxylic acids is 1. The largest absolute Gasteiger partial charge is 0.493 e. The highest BCUT2D eigenvalue weighted by molar-refractivity contribution is 7.91. The van der Waals surface area contributed by atoms with Crippen molar-refractivity contribution in [1.82, 2.24) is 10.2 Å². The molecule has 7 nitrogen and oxygen atoms in total. The van der Waals surface area contributed by atoms with E-state index >= 15 is 0 Å². The van der Waals surface area contributed by atoms with Crippen LogP contribution in [0.25, 0.3) is 0 Å². The highest BCUT2D eigenvalue weighted by Crippen LogP contribution is 2.27. The predicted octanol–water partition coefficient (Wildman–Crippen LogP) is 0.439. The summed E-state index contributed by atoms with van der Waals surface area (Å²) in [6, 6.07) is 5.34. The highest BCUT2D eigenvalue weighted by atomic mass is 32.2. The van der Waals surface area contributed by atoms with Gasteiger partial charge in [-0.2, -0.15) is 0 Å². The molecule has 1 aliphatic rings. The number of likely N-dealkylation sites (N-methyl/N-ethyl adjacent to an activating group) is 1. The van der Waals surface area contributed by atoms with Crippen LogP contribution in [0.4, 0.5) is 0 Å². The maximum atomic E-state index is 12.2. The van der Waals surface area contributed by atoms with Gasteiger partial charge in [0.15, 0.2) is 21.3 Å². The Kier molecular flexibility index (Phi) is 6.06. The molecule has 1 aliphatic heterocycles. The Morgan fingerprint density at radius 3 is 2.58 bits per heavy atom. The van der Waals surface area contributed by atoms with Crippen LogP contribution in [-0.4, -0.2) is 64.6 Å². The van der Waals surface area contributed by atoms with Crippen LogP contribution in [0.15, 0.2) is 18.2 Å². The minimum Gasteiger partial charge on any atom is -0.493 e. The van der Waals surface area contributed by atoms with Crippen LogP contribution in [0.1, 0.15) is 12.0 Å². The molecule has 1 unspecified atom stereocenters. The van der Waals surface area contributed by atoms with Gasteiger partial charge in [0.05, 0.1) is 32.3 Å². The van der Waals surface area contributed by atoms with Gasteiger partial charge in [-0.05, 0) is 24.1 Å². The van der Waals surface area contributed by atoms with Crippen LogP contribution in [0.2, 0.25) is 0 Å². The zero-order chi connectivity index (χ0) is 17.7. The van der Waals surface area contributed by atoms with E-state index in [0.29, 0.717) is 24.5 Å². The molecule has 1 heterocycles. The van der Waals surface area contributed by atoms with Gasteiger partial charge in [-0.15, -0.1) is 0 Å². The highest BCUT2D eigenvalue weighted by Gasteiger charge is 2.32. The normalized spacial score (nSPS) is 19.0. The number of methoxy groups -OCH3 is 2. The molecular formula is C16H24N2O5S. The topological polar surface area (TPSA) is 84.9 Å². The summed E-state index contributed by atoms with van der Waals surface area (Å²) >= 11 is 0. The number of rotatable bonds is 7. The summed E-state index contributed by atoms with van der Waals surface area (Å²) in [5.41, 5.74) is 0.964. The average molecular weight is 356 g/mol. The van der Waals surface area contributed by atoms with E-state index in [4.69, 9.17) is 9.47 Å². The lowest BCUT2D eigenvalue weighted by Crippen LogP contribution is -2.42. The molecule has 0 spiro atoms. The molecule has 0 saturated carbocycles. The third-order valence-electron chi connectivity index (χ3n) is 4.20. The third-order valence-corrected chi connectivity index (χ3v) is 5.95. The predicted molar refractivity (Wildman–Crippen MR) is 91.1 cm³/mol. The van der Waals surface area contributed by atoms with E-state index in [1.807, 2.05) is 18.2 Å². The number of nitrogens with one attached hydrogen (secondary N) is 1. The number of ether oxygens (including phenoxy) is 2. The van der Waals surface area contributed by atoms with E-state index in [1.165, 1.54) is 4.90 Å². The molecule has 8 heteroatoms. The fourth-order valence-corrected chi connectivity index (χ4v) is 4.49. The van der Waals surface area contributed by atoms with Crippen LogP contribution in [0.3, 0.4) is 0 Å². The fraction of sp³-hybridized carbons (Fsp3) is 0.562. The van der Waals surface area contributed by atoms with Gasteiger partial charge < -0.3 is 19.7 Å². The van der Waals surface area contributed by atoms with Crippen LogP contribution in [0, 0.1) is 0 Å². The number of nitrogens with zero attached hydrogens (tertiary/aromatic N) is 1. The van der Waals surface area contributed by atoms with Crippen LogP contribution < -0.4 is 14.8 Å². The lowest BCUT2D eigenvalue weighted by atomic mass is 10.2. The Morgan fingerprint density at radius 2 is 2.00 bits per heavy atom. The van der Waals surface area contributed by atoms with Crippen molar-refractivity contribution in [2.75, 3.05) is 39.3 Å². The number of amides is 1. The van der Waals surface area contributed by atoms with Gasteiger partial charge >= 0.3 is 0 Å². The zero-order valence-corrected chi connectivity index (χ0v) is 15.1. The first-order chi connectivity index (χ1) is 11.4. The van der Waals surface area contributed by atoms with Crippen molar-refractivity contribution in [3.63, 3.8) is 0 Å². The van der Waals surface area contributed by atoms with Crippen LogP contribution >= 0.6 is 0 Å². The molecule has 1 amide bonds. The summed E-state index contributed by atoms with van der Waals surface area (Å²) in [6.45, 7) is 0.657. The van der Waals surface area contributed by atoms with Crippen molar-refractivity contribution in [2.24, 2.45) is 0 Å². The molecule has 0 radical (unpaired) electrons. The first kappa shape index (κ1) is 18.5. The SMILES string of the molecule is COc1ccc(CNCC(=O)N(C)C2CCS(=O)(=O)C2)cc1OC. The number of sulfone groups is 1. The number of benzene rings is 1. The molecule has 0 aliphatic carbocycles. The summed E-state index contributed by atoms with van der Waals surface area (Å²) < 4.78 is 33.4. The lowest BCUT2D eigenvalue weighted by Gasteiger charge is -2.23. The summed E-state index contributed by atoms with van der Waals surface area (Å²) in [5, 5.41) is 3.08. The quantitative estimate of drug-likeness (QED) is 0.763. The number of hydrogen-bond donors (Lipinski definition) is 1. The molecular weight excluding hydrogens is 332 g/mol.